The lowest BCUT2D eigenvalue weighted by atomic mass is 10.1. The van der Waals surface area contributed by atoms with Crippen LogP contribution in [0.1, 0.15) is 23.1 Å². The van der Waals surface area contributed by atoms with Crippen LogP contribution in [0.4, 0.5) is 0 Å². The molecule has 0 saturated carbocycles. The number of benzene rings is 1. The quantitative estimate of drug-likeness (QED) is 0.480. The molecule has 0 amide bonds. The zero-order valence-corrected chi connectivity index (χ0v) is 17.3. The molecule has 3 aromatic heterocycles. The van der Waals surface area contributed by atoms with Crippen molar-refractivity contribution in [3.05, 3.63) is 83.9 Å². The summed E-state index contributed by atoms with van der Waals surface area (Å²) < 4.78 is 6.11. The molecule has 1 unspecified atom stereocenters. The molecule has 3 N–H and O–H groups in total. The van der Waals surface area contributed by atoms with Crippen LogP contribution in [0, 0.1) is 18.3 Å². The molecule has 0 radical (unpaired) electrons. The molecule has 8 heteroatoms. The first-order valence-electron chi connectivity index (χ1n) is 9.91. The summed E-state index contributed by atoms with van der Waals surface area (Å²) in [6, 6.07) is 18.0. The topological polar surface area (TPSA) is 131 Å². The normalized spacial score (nSPS) is 11.6. The van der Waals surface area contributed by atoms with Gasteiger partial charge in [-0.25, -0.2) is 4.98 Å². The molecule has 0 saturated heterocycles. The van der Waals surface area contributed by atoms with Crippen LogP contribution in [0.2, 0.25) is 0 Å². The molecule has 3 heterocycles. The van der Waals surface area contributed by atoms with Crippen LogP contribution in [-0.2, 0) is 0 Å². The summed E-state index contributed by atoms with van der Waals surface area (Å²) in [4.78, 5) is 17.6. The van der Waals surface area contributed by atoms with E-state index in [9.17, 15) is 10.4 Å². The molecular weight excluding hydrogens is 404 g/mol. The van der Waals surface area contributed by atoms with Crippen LogP contribution in [-0.4, -0.2) is 31.6 Å². The van der Waals surface area contributed by atoms with E-state index in [-0.39, 0.29) is 6.54 Å². The Balaban J connectivity index is 1.73. The van der Waals surface area contributed by atoms with Gasteiger partial charge < -0.3 is 15.6 Å². The van der Waals surface area contributed by atoms with Crippen LogP contribution in [0.3, 0.4) is 0 Å². The minimum absolute atomic E-state index is 0.109. The van der Waals surface area contributed by atoms with Crippen LogP contribution in [0.25, 0.3) is 22.6 Å². The van der Waals surface area contributed by atoms with E-state index in [1.807, 2.05) is 18.2 Å². The van der Waals surface area contributed by atoms with Gasteiger partial charge in [0.15, 0.2) is 0 Å². The Morgan fingerprint density at radius 2 is 1.91 bits per heavy atom. The number of aliphatic hydroxyl groups excluding tert-OH is 1. The average Bonchev–Trinajstić information content (AvgIpc) is 2.84. The summed E-state index contributed by atoms with van der Waals surface area (Å²) in [5.41, 5.74) is 9.20. The lowest BCUT2D eigenvalue weighted by Crippen LogP contribution is -2.11. The van der Waals surface area contributed by atoms with Gasteiger partial charge in [0.2, 0.25) is 5.88 Å². The second kappa shape index (κ2) is 9.31. The van der Waals surface area contributed by atoms with Gasteiger partial charge in [-0.1, -0.05) is 12.1 Å². The zero-order valence-electron chi connectivity index (χ0n) is 17.3. The fourth-order valence-electron chi connectivity index (χ4n) is 3.14. The first-order chi connectivity index (χ1) is 15.6. The molecule has 0 aliphatic carbocycles. The minimum Gasteiger partial charge on any atom is -0.438 e. The number of aryl methyl sites for hydroxylation is 1. The highest BCUT2D eigenvalue weighted by atomic mass is 16.5. The monoisotopic (exact) mass is 424 g/mol. The lowest BCUT2D eigenvalue weighted by Gasteiger charge is -2.13. The largest absolute Gasteiger partial charge is 0.438 e. The molecule has 0 fully saturated rings. The maximum atomic E-state index is 9.91. The van der Waals surface area contributed by atoms with Gasteiger partial charge in [0.05, 0.1) is 34.8 Å². The minimum atomic E-state index is -0.776. The van der Waals surface area contributed by atoms with Crippen LogP contribution >= 0.6 is 0 Å². The van der Waals surface area contributed by atoms with Crippen molar-refractivity contribution in [3.63, 3.8) is 0 Å². The maximum Gasteiger partial charge on any atom is 0.223 e. The smallest absolute Gasteiger partial charge is 0.223 e. The van der Waals surface area contributed by atoms with Gasteiger partial charge in [-0.15, -0.1) is 0 Å². The van der Waals surface area contributed by atoms with Crippen molar-refractivity contribution in [1.82, 2.24) is 19.9 Å². The standard InChI is InChI=1S/C24H20N6O2/c1-15-29-21(20-4-2-3-9-27-20)11-24(30-15)32-23-10-16(12-25)5-7-18(23)19-8-6-17(14-28-19)22(31)13-26/h2-11,14,22,31H,13,26H2,1H3. The molecule has 4 rings (SSSR count). The van der Waals surface area contributed by atoms with E-state index in [1.54, 1.807) is 55.7 Å². The number of hydrogen-bond acceptors (Lipinski definition) is 8. The third-order valence-electron chi connectivity index (χ3n) is 4.74. The maximum absolute atomic E-state index is 9.91. The van der Waals surface area contributed by atoms with Crippen LogP contribution in [0.5, 0.6) is 11.6 Å². The van der Waals surface area contributed by atoms with Crippen molar-refractivity contribution in [2.75, 3.05) is 6.54 Å². The number of pyridine rings is 2. The van der Waals surface area contributed by atoms with Crippen molar-refractivity contribution in [3.8, 4) is 40.3 Å². The number of nitrogens with two attached hydrogens (primary N) is 1. The molecule has 4 aromatic rings. The summed E-state index contributed by atoms with van der Waals surface area (Å²) in [6.45, 7) is 1.88. The van der Waals surface area contributed by atoms with E-state index in [2.05, 4.69) is 26.0 Å². The number of aliphatic hydroxyl groups is 1. The highest BCUT2D eigenvalue weighted by Crippen LogP contribution is 2.34. The van der Waals surface area contributed by atoms with Crippen molar-refractivity contribution in [1.29, 1.82) is 5.26 Å². The van der Waals surface area contributed by atoms with Gasteiger partial charge >= 0.3 is 0 Å². The van der Waals surface area contributed by atoms with Gasteiger partial charge in [-0.2, -0.15) is 10.2 Å². The molecule has 1 aromatic carbocycles. The fraction of sp³-hybridized carbons (Fsp3) is 0.125. The molecule has 32 heavy (non-hydrogen) atoms. The average molecular weight is 424 g/mol. The van der Waals surface area contributed by atoms with Crippen molar-refractivity contribution < 1.29 is 9.84 Å². The lowest BCUT2D eigenvalue weighted by molar-refractivity contribution is 0.186. The van der Waals surface area contributed by atoms with E-state index >= 15 is 0 Å². The van der Waals surface area contributed by atoms with Crippen molar-refractivity contribution in [2.24, 2.45) is 5.73 Å². The van der Waals surface area contributed by atoms with Gasteiger partial charge in [-0.3, -0.25) is 9.97 Å². The Morgan fingerprint density at radius 1 is 1.03 bits per heavy atom. The zero-order chi connectivity index (χ0) is 22.5. The molecule has 0 aliphatic heterocycles. The van der Waals surface area contributed by atoms with E-state index in [0.29, 0.717) is 51.2 Å². The number of nitriles is 1. The van der Waals surface area contributed by atoms with Gasteiger partial charge in [0.25, 0.3) is 0 Å². The third kappa shape index (κ3) is 4.59. The first-order valence-corrected chi connectivity index (χ1v) is 9.91. The summed E-state index contributed by atoms with van der Waals surface area (Å²) >= 11 is 0. The number of hydrogen-bond donors (Lipinski definition) is 2. The first kappa shape index (κ1) is 21.1. The van der Waals surface area contributed by atoms with Gasteiger partial charge in [0.1, 0.15) is 11.6 Å². The molecule has 8 nitrogen and oxygen atoms in total. The molecular formula is C24H20N6O2. The highest BCUT2D eigenvalue weighted by molar-refractivity contribution is 5.69. The van der Waals surface area contributed by atoms with E-state index < -0.39 is 6.10 Å². The second-order valence-electron chi connectivity index (χ2n) is 7.01. The second-order valence-corrected chi connectivity index (χ2v) is 7.01. The molecule has 0 bridgehead atoms. The van der Waals surface area contributed by atoms with Gasteiger partial charge in [0, 0.05) is 36.1 Å². The number of aromatic nitrogens is 4. The van der Waals surface area contributed by atoms with E-state index in [4.69, 9.17) is 10.5 Å². The fourth-order valence-corrected chi connectivity index (χ4v) is 3.14. The summed E-state index contributed by atoms with van der Waals surface area (Å²) in [6.07, 6.45) is 2.49. The van der Waals surface area contributed by atoms with E-state index in [0.717, 1.165) is 0 Å². The Labute approximate surface area is 185 Å². The molecule has 0 aliphatic rings. The summed E-state index contributed by atoms with van der Waals surface area (Å²) in [7, 11) is 0. The Kier molecular flexibility index (Phi) is 6.12. The van der Waals surface area contributed by atoms with Crippen LogP contribution in [0.15, 0.2) is 67.0 Å². The number of rotatable bonds is 6. The van der Waals surface area contributed by atoms with Crippen molar-refractivity contribution in [2.45, 2.75) is 13.0 Å². The summed E-state index contributed by atoms with van der Waals surface area (Å²) in [5, 5.41) is 19.3. The Morgan fingerprint density at radius 3 is 2.59 bits per heavy atom. The van der Waals surface area contributed by atoms with Crippen molar-refractivity contribution >= 4 is 0 Å². The number of nitrogens with zero attached hydrogens (tertiary/aromatic N) is 5. The predicted octanol–water partition coefficient (Wildman–Crippen LogP) is 3.57. The molecule has 158 valence electrons. The highest BCUT2D eigenvalue weighted by Gasteiger charge is 2.14. The number of ether oxygens (including phenoxy) is 1. The predicted molar refractivity (Wildman–Crippen MR) is 118 cm³/mol. The SMILES string of the molecule is Cc1nc(Oc2cc(C#N)ccc2-c2ccc(C(O)CN)cn2)cc(-c2ccccn2)n1. The van der Waals surface area contributed by atoms with E-state index in [1.165, 1.54) is 0 Å². The Hall–Kier alpha value is -4.19. The summed E-state index contributed by atoms with van der Waals surface area (Å²) in [5.74, 6) is 1.28. The van der Waals surface area contributed by atoms with Gasteiger partial charge in [-0.05, 0) is 43.3 Å². The Bertz CT molecular complexity index is 1270. The van der Waals surface area contributed by atoms with Crippen LogP contribution < -0.4 is 10.5 Å². The molecule has 0 spiro atoms. The third-order valence-corrected chi connectivity index (χ3v) is 4.74. The molecule has 1 atom stereocenters.